The van der Waals surface area contributed by atoms with Gasteiger partial charge >= 0.3 is 5.97 Å². The van der Waals surface area contributed by atoms with Gasteiger partial charge in [-0.2, -0.15) is 0 Å². The maximum Gasteiger partial charge on any atom is 0.308 e. The minimum atomic E-state index is -0.679. The van der Waals surface area contributed by atoms with Crippen LogP contribution in [0, 0.1) is 5.92 Å². The number of piperidine rings is 1. The van der Waals surface area contributed by atoms with Crippen molar-refractivity contribution >= 4 is 17.3 Å². The van der Waals surface area contributed by atoms with Crippen molar-refractivity contribution in [1.29, 1.82) is 0 Å². The normalized spacial score (nSPS) is 19.7. The first-order valence-electron chi connectivity index (χ1n) is 6.33. The zero-order valence-corrected chi connectivity index (χ0v) is 11.0. The van der Waals surface area contributed by atoms with Crippen molar-refractivity contribution < 1.29 is 9.90 Å². The van der Waals surface area contributed by atoms with Crippen molar-refractivity contribution in [1.82, 2.24) is 0 Å². The molecular weight excluding hydrogens is 228 g/mol. The Hall–Kier alpha value is -1.71. The first-order chi connectivity index (χ1) is 8.59. The third kappa shape index (κ3) is 2.58. The second-order valence-electron chi connectivity index (χ2n) is 5.01. The molecule has 1 N–H and O–H groups in total. The van der Waals surface area contributed by atoms with Crippen molar-refractivity contribution in [3.63, 3.8) is 0 Å². The maximum absolute atomic E-state index is 11.1. The van der Waals surface area contributed by atoms with E-state index in [4.69, 9.17) is 5.11 Å². The van der Waals surface area contributed by atoms with Gasteiger partial charge < -0.3 is 14.9 Å². The molecule has 1 saturated heterocycles. The van der Waals surface area contributed by atoms with Gasteiger partial charge in [-0.1, -0.05) is 12.1 Å². The number of anilines is 2. The highest BCUT2D eigenvalue weighted by Crippen LogP contribution is 2.31. The number of para-hydroxylation sites is 2. The molecule has 0 amide bonds. The average molecular weight is 248 g/mol. The summed E-state index contributed by atoms with van der Waals surface area (Å²) in [5, 5.41) is 9.14. The molecule has 1 heterocycles. The van der Waals surface area contributed by atoms with Crippen LogP contribution in [0.25, 0.3) is 0 Å². The maximum atomic E-state index is 11.1. The van der Waals surface area contributed by atoms with E-state index < -0.39 is 5.97 Å². The molecule has 4 nitrogen and oxygen atoms in total. The monoisotopic (exact) mass is 248 g/mol. The quantitative estimate of drug-likeness (QED) is 0.889. The van der Waals surface area contributed by atoms with Crippen LogP contribution in [0.5, 0.6) is 0 Å². The topological polar surface area (TPSA) is 43.8 Å². The highest BCUT2D eigenvalue weighted by atomic mass is 16.4. The molecule has 18 heavy (non-hydrogen) atoms. The van der Waals surface area contributed by atoms with Gasteiger partial charge in [-0.05, 0) is 25.0 Å². The number of carboxylic acid groups (broad SMARTS) is 1. The van der Waals surface area contributed by atoms with E-state index in [-0.39, 0.29) is 5.92 Å². The second-order valence-corrected chi connectivity index (χ2v) is 5.01. The van der Waals surface area contributed by atoms with Crippen molar-refractivity contribution in [3.05, 3.63) is 24.3 Å². The van der Waals surface area contributed by atoms with Gasteiger partial charge in [-0.25, -0.2) is 0 Å². The van der Waals surface area contributed by atoms with Crippen LogP contribution in [0.4, 0.5) is 11.4 Å². The molecule has 0 aromatic heterocycles. The van der Waals surface area contributed by atoms with E-state index in [0.29, 0.717) is 6.54 Å². The minimum absolute atomic E-state index is 0.242. The average Bonchev–Trinajstić information content (AvgIpc) is 2.39. The lowest BCUT2D eigenvalue weighted by Gasteiger charge is -2.34. The summed E-state index contributed by atoms with van der Waals surface area (Å²) in [7, 11) is 4.02. The number of benzene rings is 1. The molecule has 0 aliphatic carbocycles. The van der Waals surface area contributed by atoms with Crippen molar-refractivity contribution in [2.75, 3.05) is 37.0 Å². The lowest BCUT2D eigenvalue weighted by atomic mass is 9.97. The molecule has 0 spiro atoms. The number of carbonyl (C=O) groups is 1. The highest BCUT2D eigenvalue weighted by molar-refractivity contribution is 5.74. The summed E-state index contributed by atoms with van der Waals surface area (Å²) in [6.45, 7) is 1.55. The van der Waals surface area contributed by atoms with E-state index in [1.807, 2.05) is 26.2 Å². The van der Waals surface area contributed by atoms with Crippen molar-refractivity contribution in [2.24, 2.45) is 5.92 Å². The largest absolute Gasteiger partial charge is 0.481 e. The van der Waals surface area contributed by atoms with Crippen LogP contribution in [0.3, 0.4) is 0 Å². The predicted octanol–water partition coefficient (Wildman–Crippen LogP) is 2.05. The molecule has 2 rings (SSSR count). The molecule has 0 bridgehead atoms. The molecule has 1 aromatic rings. The standard InChI is InChI=1S/C14H20N2O2/c1-15(2)12-7-3-4-8-13(12)16-9-5-6-11(10-16)14(17)18/h3-4,7-8,11H,5-6,9-10H2,1-2H3,(H,17,18). The third-order valence-corrected chi connectivity index (χ3v) is 3.47. The van der Waals surface area contributed by atoms with Crippen LogP contribution in [-0.2, 0) is 4.79 Å². The fourth-order valence-electron chi connectivity index (χ4n) is 2.51. The van der Waals surface area contributed by atoms with Crippen molar-refractivity contribution in [3.8, 4) is 0 Å². The molecule has 98 valence electrons. The van der Waals surface area contributed by atoms with Gasteiger partial charge in [0, 0.05) is 27.2 Å². The van der Waals surface area contributed by atoms with E-state index >= 15 is 0 Å². The number of carboxylic acids is 1. The molecule has 1 aliphatic heterocycles. The first kappa shape index (κ1) is 12.7. The smallest absolute Gasteiger partial charge is 0.308 e. The van der Waals surface area contributed by atoms with Crippen LogP contribution < -0.4 is 9.80 Å². The zero-order valence-electron chi connectivity index (χ0n) is 11.0. The van der Waals surface area contributed by atoms with Gasteiger partial charge in [-0.15, -0.1) is 0 Å². The summed E-state index contributed by atoms with van der Waals surface area (Å²) in [4.78, 5) is 15.4. The van der Waals surface area contributed by atoms with E-state index in [1.165, 1.54) is 0 Å². The lowest BCUT2D eigenvalue weighted by molar-refractivity contribution is -0.141. The summed E-state index contributed by atoms with van der Waals surface area (Å²) >= 11 is 0. The third-order valence-electron chi connectivity index (χ3n) is 3.47. The Bertz CT molecular complexity index is 432. The molecule has 1 atom stereocenters. The van der Waals surface area contributed by atoms with Gasteiger partial charge in [0.25, 0.3) is 0 Å². The van der Waals surface area contributed by atoms with E-state index in [1.54, 1.807) is 0 Å². The van der Waals surface area contributed by atoms with Crippen LogP contribution >= 0.6 is 0 Å². The van der Waals surface area contributed by atoms with Gasteiger partial charge in [0.1, 0.15) is 0 Å². The van der Waals surface area contributed by atoms with Gasteiger partial charge in [0.15, 0.2) is 0 Å². The predicted molar refractivity (Wildman–Crippen MR) is 73.3 cm³/mol. The van der Waals surface area contributed by atoms with Crippen LogP contribution in [0.2, 0.25) is 0 Å². The SMILES string of the molecule is CN(C)c1ccccc1N1CCCC(C(=O)O)C1. The molecule has 1 aromatic carbocycles. The minimum Gasteiger partial charge on any atom is -0.481 e. The number of hydrogen-bond acceptors (Lipinski definition) is 3. The molecule has 1 fully saturated rings. The zero-order chi connectivity index (χ0) is 13.1. The summed E-state index contributed by atoms with van der Waals surface area (Å²) in [6, 6.07) is 8.16. The van der Waals surface area contributed by atoms with Gasteiger partial charge in [0.2, 0.25) is 0 Å². The molecule has 4 heteroatoms. The Morgan fingerprint density at radius 1 is 1.39 bits per heavy atom. The molecule has 1 aliphatic rings. The fourth-order valence-corrected chi connectivity index (χ4v) is 2.51. The Balaban J connectivity index is 2.23. The van der Waals surface area contributed by atoms with Gasteiger partial charge in [-0.3, -0.25) is 4.79 Å². The summed E-state index contributed by atoms with van der Waals surface area (Å²) in [5.74, 6) is -0.920. The van der Waals surface area contributed by atoms with Crippen molar-refractivity contribution in [2.45, 2.75) is 12.8 Å². The Labute approximate surface area is 108 Å². The van der Waals surface area contributed by atoms with E-state index in [0.717, 1.165) is 30.8 Å². The summed E-state index contributed by atoms with van der Waals surface area (Å²) in [5.41, 5.74) is 2.27. The summed E-state index contributed by atoms with van der Waals surface area (Å²) < 4.78 is 0. The van der Waals surface area contributed by atoms with Crippen LogP contribution in [-0.4, -0.2) is 38.3 Å². The fraction of sp³-hybridized carbons (Fsp3) is 0.500. The Kier molecular flexibility index (Phi) is 3.75. The lowest BCUT2D eigenvalue weighted by Crippen LogP contribution is -2.39. The molecule has 0 radical (unpaired) electrons. The Morgan fingerprint density at radius 3 is 2.78 bits per heavy atom. The van der Waals surface area contributed by atoms with Gasteiger partial charge in [0.05, 0.1) is 17.3 Å². The van der Waals surface area contributed by atoms with Crippen LogP contribution in [0.15, 0.2) is 24.3 Å². The molecular formula is C14H20N2O2. The Morgan fingerprint density at radius 2 is 2.11 bits per heavy atom. The number of aliphatic carboxylic acids is 1. The van der Waals surface area contributed by atoms with E-state index in [9.17, 15) is 4.79 Å². The summed E-state index contributed by atoms with van der Waals surface area (Å²) in [6.07, 6.45) is 1.73. The number of nitrogens with zero attached hydrogens (tertiary/aromatic N) is 2. The second kappa shape index (κ2) is 5.29. The number of rotatable bonds is 3. The first-order valence-corrected chi connectivity index (χ1v) is 6.33. The van der Waals surface area contributed by atoms with E-state index in [2.05, 4.69) is 21.9 Å². The number of hydrogen-bond donors (Lipinski definition) is 1. The van der Waals surface area contributed by atoms with Crippen LogP contribution in [0.1, 0.15) is 12.8 Å². The highest BCUT2D eigenvalue weighted by Gasteiger charge is 2.26. The molecule has 0 saturated carbocycles. The molecule has 1 unspecified atom stereocenters.